The average molecular weight is 550 g/mol. The molecule has 0 bridgehead atoms. The van der Waals surface area contributed by atoms with Crippen molar-refractivity contribution in [1.29, 1.82) is 0 Å². The van der Waals surface area contributed by atoms with Gasteiger partial charge in [0.1, 0.15) is 23.7 Å². The number of halogens is 3. The SMILES string of the molecule is COc1cc2ncnc(C(=O)c3ccc(Cl)c(Cl)c3F)c2cc1OC1CCN(C(=O)OC(C)(C)C)CC1. The van der Waals surface area contributed by atoms with E-state index in [-0.39, 0.29) is 33.5 Å². The summed E-state index contributed by atoms with van der Waals surface area (Å²) in [6.45, 7) is 6.42. The zero-order valence-electron chi connectivity index (χ0n) is 20.8. The Morgan fingerprint density at radius 2 is 1.78 bits per heavy atom. The van der Waals surface area contributed by atoms with E-state index in [2.05, 4.69) is 9.97 Å². The summed E-state index contributed by atoms with van der Waals surface area (Å²) in [5.41, 5.74) is -0.431. The molecule has 1 amide bonds. The van der Waals surface area contributed by atoms with Crippen LogP contribution in [-0.2, 0) is 4.74 Å². The molecule has 3 aromatic rings. The number of likely N-dealkylation sites (tertiary alicyclic amines) is 1. The molecule has 1 aliphatic heterocycles. The van der Waals surface area contributed by atoms with E-state index in [9.17, 15) is 14.0 Å². The van der Waals surface area contributed by atoms with Gasteiger partial charge in [0, 0.05) is 37.4 Å². The number of hydrogen-bond acceptors (Lipinski definition) is 7. The van der Waals surface area contributed by atoms with Crippen LogP contribution in [0, 0.1) is 5.82 Å². The van der Waals surface area contributed by atoms with Crippen LogP contribution in [0.5, 0.6) is 11.5 Å². The number of carbonyl (C=O) groups is 2. The second-order valence-corrected chi connectivity index (χ2v) is 10.4. The number of methoxy groups -OCH3 is 1. The standard InChI is InChI=1S/C26H26Cl2FN3O5/c1-26(2,3)37-25(34)32-9-7-14(8-10-32)36-20-11-16-18(12-19(20)35-4)30-13-31-23(16)24(33)15-5-6-17(27)21(28)22(15)29/h5-6,11-14H,7-10H2,1-4H3. The van der Waals surface area contributed by atoms with Crippen LogP contribution in [0.3, 0.4) is 0 Å². The third kappa shape index (κ3) is 5.88. The van der Waals surface area contributed by atoms with Gasteiger partial charge < -0.3 is 19.1 Å². The lowest BCUT2D eigenvalue weighted by atomic mass is 10.0. The van der Waals surface area contributed by atoms with Crippen molar-refractivity contribution in [3.05, 3.63) is 57.7 Å². The fraction of sp³-hybridized carbons (Fsp3) is 0.385. The number of rotatable bonds is 5. The third-order valence-electron chi connectivity index (χ3n) is 5.80. The summed E-state index contributed by atoms with van der Waals surface area (Å²) in [5, 5.41) is 0.0238. The summed E-state index contributed by atoms with van der Waals surface area (Å²) in [6, 6.07) is 5.85. The average Bonchev–Trinajstić information content (AvgIpc) is 2.85. The Hall–Kier alpha value is -3.17. The minimum atomic E-state index is -0.923. The van der Waals surface area contributed by atoms with E-state index in [0.29, 0.717) is 48.3 Å². The molecule has 196 valence electrons. The van der Waals surface area contributed by atoms with Gasteiger partial charge in [-0.05, 0) is 39.0 Å². The molecular weight excluding hydrogens is 524 g/mol. The number of nitrogens with zero attached hydrogens (tertiary/aromatic N) is 3. The van der Waals surface area contributed by atoms with E-state index >= 15 is 0 Å². The quantitative estimate of drug-likeness (QED) is 0.280. The van der Waals surface area contributed by atoms with Crippen LogP contribution in [0.1, 0.15) is 49.7 Å². The molecule has 37 heavy (non-hydrogen) atoms. The molecule has 11 heteroatoms. The van der Waals surface area contributed by atoms with Gasteiger partial charge in [-0.3, -0.25) is 4.79 Å². The van der Waals surface area contributed by atoms with Crippen LogP contribution in [0.2, 0.25) is 10.0 Å². The van der Waals surface area contributed by atoms with Crippen molar-refractivity contribution in [2.45, 2.75) is 45.3 Å². The van der Waals surface area contributed by atoms with Gasteiger partial charge in [0.25, 0.3) is 0 Å². The molecule has 0 saturated carbocycles. The monoisotopic (exact) mass is 549 g/mol. The molecule has 0 radical (unpaired) electrons. The summed E-state index contributed by atoms with van der Waals surface area (Å²) in [5.74, 6) is -0.804. The van der Waals surface area contributed by atoms with Crippen LogP contribution in [-0.4, -0.2) is 58.6 Å². The molecule has 0 unspecified atom stereocenters. The molecule has 2 aromatic carbocycles. The van der Waals surface area contributed by atoms with Gasteiger partial charge in [-0.25, -0.2) is 19.2 Å². The molecule has 0 N–H and O–H groups in total. The number of ketones is 1. The van der Waals surface area contributed by atoms with E-state index in [1.54, 1.807) is 17.0 Å². The van der Waals surface area contributed by atoms with Crippen molar-refractivity contribution in [3.63, 3.8) is 0 Å². The highest BCUT2D eigenvalue weighted by atomic mass is 35.5. The number of hydrogen-bond donors (Lipinski definition) is 0. The fourth-order valence-corrected chi connectivity index (χ4v) is 4.30. The van der Waals surface area contributed by atoms with Crippen LogP contribution in [0.4, 0.5) is 9.18 Å². The smallest absolute Gasteiger partial charge is 0.410 e. The Morgan fingerprint density at radius 1 is 1.08 bits per heavy atom. The molecule has 0 atom stereocenters. The van der Waals surface area contributed by atoms with Crippen molar-refractivity contribution in [3.8, 4) is 11.5 Å². The molecule has 0 spiro atoms. The Bertz CT molecular complexity index is 1350. The zero-order valence-corrected chi connectivity index (χ0v) is 22.3. The number of carbonyl (C=O) groups excluding carboxylic acids is 2. The Balaban J connectivity index is 1.60. The second kappa shape index (κ2) is 10.7. The Labute approximate surface area is 223 Å². The third-order valence-corrected chi connectivity index (χ3v) is 6.58. The molecule has 1 aromatic heterocycles. The number of benzene rings is 2. The van der Waals surface area contributed by atoms with Gasteiger partial charge >= 0.3 is 6.09 Å². The summed E-state index contributed by atoms with van der Waals surface area (Å²) >= 11 is 11.8. The molecule has 1 fully saturated rings. The first-order valence-electron chi connectivity index (χ1n) is 11.6. The Morgan fingerprint density at radius 3 is 2.43 bits per heavy atom. The van der Waals surface area contributed by atoms with E-state index in [0.717, 1.165) is 0 Å². The second-order valence-electron chi connectivity index (χ2n) is 9.58. The highest BCUT2D eigenvalue weighted by molar-refractivity contribution is 6.42. The normalized spacial score (nSPS) is 14.5. The Kier molecular flexibility index (Phi) is 7.75. The predicted molar refractivity (Wildman–Crippen MR) is 137 cm³/mol. The molecule has 1 aliphatic rings. The van der Waals surface area contributed by atoms with Gasteiger partial charge in [0.15, 0.2) is 17.3 Å². The van der Waals surface area contributed by atoms with E-state index in [1.807, 2.05) is 20.8 Å². The van der Waals surface area contributed by atoms with Crippen molar-refractivity contribution < 1.29 is 28.2 Å². The first kappa shape index (κ1) is 26.9. The maximum atomic E-state index is 14.7. The lowest BCUT2D eigenvalue weighted by molar-refractivity contribution is 0.0124. The molecule has 1 saturated heterocycles. The summed E-state index contributed by atoms with van der Waals surface area (Å²) < 4.78 is 31.9. The number of ether oxygens (including phenoxy) is 3. The first-order chi connectivity index (χ1) is 17.5. The molecule has 2 heterocycles. The van der Waals surface area contributed by atoms with Gasteiger partial charge in [-0.15, -0.1) is 0 Å². The van der Waals surface area contributed by atoms with Crippen molar-refractivity contribution in [2.75, 3.05) is 20.2 Å². The van der Waals surface area contributed by atoms with Crippen molar-refractivity contribution in [2.24, 2.45) is 0 Å². The highest BCUT2D eigenvalue weighted by Crippen LogP contribution is 2.36. The fourth-order valence-electron chi connectivity index (χ4n) is 3.99. The maximum absolute atomic E-state index is 14.7. The largest absolute Gasteiger partial charge is 0.493 e. The number of amides is 1. The molecule has 8 nitrogen and oxygen atoms in total. The summed E-state index contributed by atoms with van der Waals surface area (Å²) in [6.07, 6.45) is 1.81. The van der Waals surface area contributed by atoms with Crippen LogP contribution in [0.25, 0.3) is 10.9 Å². The number of fused-ring (bicyclic) bond motifs is 1. The molecule has 0 aliphatic carbocycles. The lowest BCUT2D eigenvalue weighted by Gasteiger charge is -2.33. The zero-order chi connectivity index (χ0) is 26.9. The molecular formula is C26H26Cl2FN3O5. The van der Waals surface area contributed by atoms with Gasteiger partial charge in [0.05, 0.1) is 28.2 Å². The number of aromatic nitrogens is 2. The number of piperidine rings is 1. The van der Waals surface area contributed by atoms with Gasteiger partial charge in [0.2, 0.25) is 5.78 Å². The first-order valence-corrected chi connectivity index (χ1v) is 12.4. The lowest BCUT2D eigenvalue weighted by Crippen LogP contribution is -2.44. The minimum Gasteiger partial charge on any atom is -0.493 e. The van der Waals surface area contributed by atoms with E-state index in [1.165, 1.54) is 25.6 Å². The summed E-state index contributed by atoms with van der Waals surface area (Å²) in [4.78, 5) is 35.6. The molecule has 4 rings (SSSR count). The van der Waals surface area contributed by atoms with Crippen LogP contribution < -0.4 is 9.47 Å². The predicted octanol–water partition coefficient (Wildman–Crippen LogP) is 6.09. The maximum Gasteiger partial charge on any atom is 0.410 e. The highest BCUT2D eigenvalue weighted by Gasteiger charge is 2.29. The minimum absolute atomic E-state index is 0.00130. The van der Waals surface area contributed by atoms with Crippen LogP contribution >= 0.6 is 23.2 Å². The van der Waals surface area contributed by atoms with Crippen LogP contribution in [0.15, 0.2) is 30.6 Å². The van der Waals surface area contributed by atoms with E-state index < -0.39 is 17.2 Å². The topological polar surface area (TPSA) is 90.9 Å². The van der Waals surface area contributed by atoms with Gasteiger partial charge in [-0.2, -0.15) is 0 Å². The van der Waals surface area contributed by atoms with Crippen molar-refractivity contribution >= 4 is 46.0 Å². The van der Waals surface area contributed by atoms with Crippen molar-refractivity contribution in [1.82, 2.24) is 14.9 Å². The van der Waals surface area contributed by atoms with E-state index in [4.69, 9.17) is 37.4 Å². The summed E-state index contributed by atoms with van der Waals surface area (Å²) in [7, 11) is 1.50. The van der Waals surface area contributed by atoms with Gasteiger partial charge in [-0.1, -0.05) is 23.2 Å².